The van der Waals surface area contributed by atoms with Crippen LogP contribution in [-0.4, -0.2) is 14.5 Å². The molecule has 1 aliphatic heterocycles. The maximum Gasteiger partial charge on any atom is 0.172 e. The number of hydrogen-bond acceptors (Lipinski definition) is 3. The molecule has 0 radical (unpaired) electrons. The summed E-state index contributed by atoms with van der Waals surface area (Å²) in [6.07, 6.45) is 3.76. The highest BCUT2D eigenvalue weighted by molar-refractivity contribution is 7.86. The normalized spacial score (nSPS) is 16.0. The summed E-state index contributed by atoms with van der Waals surface area (Å²) >= 11 is 0. The van der Waals surface area contributed by atoms with E-state index in [2.05, 4.69) is 76.3 Å². The third kappa shape index (κ3) is 3.03. The van der Waals surface area contributed by atoms with E-state index in [9.17, 15) is 0 Å². The number of pyridine rings is 2. The minimum atomic E-state index is -3.03. The standard InChI is InChI=1S/C36H22N3OP/c40-41(26-10-2-1-3-11-26)33-15-7-5-13-28(33)30-20-32-29(21-34(30)41)27-12-4-6-14-31(27)39(32)25-19-24-17-16-23-9-8-18-37-35(23)36(24)38-22-25/h1-22H. The lowest BCUT2D eigenvalue weighted by atomic mass is 10.0. The minimum absolute atomic E-state index is 0.869. The van der Waals surface area contributed by atoms with Gasteiger partial charge in [0.25, 0.3) is 0 Å². The molecule has 0 aliphatic carbocycles. The maximum atomic E-state index is 15.1. The van der Waals surface area contributed by atoms with Crippen LogP contribution in [0.1, 0.15) is 0 Å². The molecule has 41 heavy (non-hydrogen) atoms. The third-order valence-corrected chi connectivity index (χ3v) is 11.6. The van der Waals surface area contributed by atoms with E-state index in [0.29, 0.717) is 0 Å². The Morgan fingerprint density at radius 1 is 0.561 bits per heavy atom. The van der Waals surface area contributed by atoms with Crippen LogP contribution in [-0.2, 0) is 4.57 Å². The van der Waals surface area contributed by atoms with Crippen molar-refractivity contribution in [1.82, 2.24) is 14.5 Å². The molecule has 0 bridgehead atoms. The summed E-state index contributed by atoms with van der Waals surface area (Å²) in [6, 6.07) is 41.4. The Bertz CT molecular complexity index is 2410. The van der Waals surface area contributed by atoms with Crippen LogP contribution in [0, 0.1) is 0 Å². The van der Waals surface area contributed by atoms with E-state index in [1.807, 2.05) is 67.0 Å². The van der Waals surface area contributed by atoms with Gasteiger partial charge >= 0.3 is 0 Å². The number of benzene rings is 5. The van der Waals surface area contributed by atoms with Crippen molar-refractivity contribution in [2.75, 3.05) is 0 Å². The van der Waals surface area contributed by atoms with Gasteiger partial charge < -0.3 is 9.13 Å². The lowest BCUT2D eigenvalue weighted by Gasteiger charge is -2.16. The van der Waals surface area contributed by atoms with Crippen LogP contribution < -0.4 is 15.9 Å². The summed E-state index contributed by atoms with van der Waals surface area (Å²) in [4.78, 5) is 9.53. The van der Waals surface area contributed by atoms with E-state index in [1.165, 1.54) is 0 Å². The molecule has 8 aromatic rings. The zero-order chi connectivity index (χ0) is 27.1. The molecule has 0 saturated heterocycles. The van der Waals surface area contributed by atoms with Gasteiger partial charge in [0.2, 0.25) is 0 Å². The highest BCUT2D eigenvalue weighted by Gasteiger charge is 2.40. The van der Waals surface area contributed by atoms with Crippen molar-refractivity contribution < 1.29 is 4.57 Å². The molecule has 9 rings (SSSR count). The molecule has 4 heterocycles. The molecule has 0 fully saturated rings. The van der Waals surface area contributed by atoms with Crippen molar-refractivity contribution >= 4 is 66.7 Å². The van der Waals surface area contributed by atoms with Crippen LogP contribution in [0.2, 0.25) is 0 Å². The molecule has 0 saturated carbocycles. The summed E-state index contributed by atoms with van der Waals surface area (Å²) in [5.74, 6) is 0. The SMILES string of the molecule is O=P1(c2ccccc2)c2ccccc2-c2cc3c(cc21)c1ccccc1n3-c1cnc2c(ccc3cccnc32)c1. The van der Waals surface area contributed by atoms with Crippen LogP contribution in [0.25, 0.3) is 60.4 Å². The topological polar surface area (TPSA) is 47.8 Å². The average Bonchev–Trinajstić information content (AvgIpc) is 3.50. The zero-order valence-corrected chi connectivity index (χ0v) is 22.8. The lowest BCUT2D eigenvalue weighted by Crippen LogP contribution is -2.20. The maximum absolute atomic E-state index is 15.1. The van der Waals surface area contributed by atoms with E-state index in [0.717, 1.165) is 76.3 Å². The molecule has 1 unspecified atom stereocenters. The zero-order valence-electron chi connectivity index (χ0n) is 21.9. The van der Waals surface area contributed by atoms with Crippen molar-refractivity contribution in [2.24, 2.45) is 0 Å². The Balaban J connectivity index is 1.37. The Morgan fingerprint density at radius 2 is 1.34 bits per heavy atom. The van der Waals surface area contributed by atoms with Gasteiger partial charge in [0.05, 0.1) is 34.0 Å². The first kappa shape index (κ1) is 22.7. The smallest absolute Gasteiger partial charge is 0.172 e. The largest absolute Gasteiger partial charge is 0.309 e. The summed E-state index contributed by atoms with van der Waals surface area (Å²) in [5.41, 5.74) is 7.03. The van der Waals surface area contributed by atoms with Crippen molar-refractivity contribution in [3.63, 3.8) is 0 Å². The van der Waals surface area contributed by atoms with E-state index >= 15 is 4.57 Å². The average molecular weight is 544 g/mol. The van der Waals surface area contributed by atoms with Gasteiger partial charge in [-0.3, -0.25) is 9.97 Å². The molecule has 5 heteroatoms. The molecular formula is C36H22N3OP. The van der Waals surface area contributed by atoms with Crippen LogP contribution in [0.15, 0.2) is 134 Å². The van der Waals surface area contributed by atoms with Crippen molar-refractivity contribution in [1.29, 1.82) is 0 Å². The summed E-state index contributed by atoms with van der Waals surface area (Å²) in [7, 11) is -3.03. The van der Waals surface area contributed by atoms with Gasteiger partial charge in [-0.2, -0.15) is 0 Å². The second-order valence-corrected chi connectivity index (χ2v) is 13.3. The second-order valence-electron chi connectivity index (χ2n) is 10.6. The van der Waals surface area contributed by atoms with Crippen LogP contribution in [0.5, 0.6) is 0 Å². The number of rotatable bonds is 2. The minimum Gasteiger partial charge on any atom is -0.309 e. The Hall–Kier alpha value is -5.05. The van der Waals surface area contributed by atoms with Crippen molar-refractivity contribution in [3.8, 4) is 16.8 Å². The number of hydrogen-bond donors (Lipinski definition) is 0. The third-order valence-electron chi connectivity index (χ3n) is 8.45. The molecular weight excluding hydrogens is 521 g/mol. The van der Waals surface area contributed by atoms with Gasteiger partial charge in [-0.25, -0.2) is 0 Å². The molecule has 5 aromatic carbocycles. The molecule has 0 N–H and O–H groups in total. The quantitative estimate of drug-likeness (QED) is 0.168. The number of nitrogens with zero attached hydrogens (tertiary/aromatic N) is 3. The Morgan fingerprint density at radius 3 is 2.27 bits per heavy atom. The fourth-order valence-electron chi connectivity index (χ4n) is 6.63. The number of para-hydroxylation sites is 1. The first-order chi connectivity index (χ1) is 20.2. The van der Waals surface area contributed by atoms with E-state index in [-0.39, 0.29) is 0 Å². The van der Waals surface area contributed by atoms with Crippen LogP contribution >= 0.6 is 7.14 Å². The molecule has 1 aliphatic rings. The molecule has 0 amide bonds. The summed E-state index contributed by atoms with van der Waals surface area (Å²) in [6.45, 7) is 0. The summed E-state index contributed by atoms with van der Waals surface area (Å²) in [5, 5.41) is 7.03. The fourth-order valence-corrected chi connectivity index (χ4v) is 9.70. The first-order valence-electron chi connectivity index (χ1n) is 13.7. The van der Waals surface area contributed by atoms with Gasteiger partial charge in [0.1, 0.15) is 0 Å². The molecule has 3 aromatic heterocycles. The Kier molecular flexibility index (Phi) is 4.57. The molecule has 0 spiro atoms. The van der Waals surface area contributed by atoms with E-state index < -0.39 is 7.14 Å². The van der Waals surface area contributed by atoms with Crippen molar-refractivity contribution in [2.45, 2.75) is 0 Å². The van der Waals surface area contributed by atoms with Gasteiger partial charge in [-0.15, -0.1) is 0 Å². The van der Waals surface area contributed by atoms with Crippen molar-refractivity contribution in [3.05, 3.63) is 134 Å². The second kappa shape index (κ2) is 8.23. The van der Waals surface area contributed by atoms with Gasteiger partial charge in [0.15, 0.2) is 7.14 Å². The van der Waals surface area contributed by atoms with E-state index in [4.69, 9.17) is 4.98 Å². The molecule has 1 atom stereocenters. The Labute approximate surface area is 235 Å². The van der Waals surface area contributed by atoms with Gasteiger partial charge in [-0.05, 0) is 41.5 Å². The number of fused-ring (bicyclic) bond motifs is 9. The number of aromatic nitrogens is 3. The first-order valence-corrected chi connectivity index (χ1v) is 15.4. The lowest BCUT2D eigenvalue weighted by molar-refractivity contribution is 0.593. The van der Waals surface area contributed by atoms with Crippen LogP contribution in [0.4, 0.5) is 0 Å². The highest BCUT2D eigenvalue weighted by Crippen LogP contribution is 2.53. The van der Waals surface area contributed by atoms with Gasteiger partial charge in [0, 0.05) is 43.7 Å². The molecule has 192 valence electrons. The predicted octanol–water partition coefficient (Wildman–Crippen LogP) is 7.50. The summed E-state index contributed by atoms with van der Waals surface area (Å²) < 4.78 is 17.4. The highest BCUT2D eigenvalue weighted by atomic mass is 31.2. The monoisotopic (exact) mass is 543 g/mol. The van der Waals surface area contributed by atoms with Gasteiger partial charge in [-0.1, -0.05) is 91.0 Å². The predicted molar refractivity (Wildman–Crippen MR) is 170 cm³/mol. The molecule has 4 nitrogen and oxygen atoms in total. The fraction of sp³-hybridized carbons (Fsp3) is 0. The van der Waals surface area contributed by atoms with E-state index in [1.54, 1.807) is 0 Å². The van der Waals surface area contributed by atoms with Crippen LogP contribution in [0.3, 0.4) is 0 Å².